The van der Waals surface area contributed by atoms with Crippen molar-refractivity contribution >= 4 is 34.7 Å². The summed E-state index contributed by atoms with van der Waals surface area (Å²) in [6, 6.07) is -9.06. The van der Waals surface area contributed by atoms with Gasteiger partial charge in [-0.05, 0) is 37.3 Å². The normalized spacial score (nSPS) is 47.8. The fourth-order valence-corrected chi connectivity index (χ4v) is 13.2. The Morgan fingerprint density at radius 2 is 0.571 bits per heavy atom. The first-order valence-corrected chi connectivity index (χ1v) is 33.4. The van der Waals surface area contributed by atoms with Gasteiger partial charge in [-0.1, -0.05) is 0 Å². The first-order chi connectivity index (χ1) is 46.5. The molecule has 8 aliphatic rings. The van der Waals surface area contributed by atoms with Gasteiger partial charge in [0.2, 0.25) is 0 Å². The summed E-state index contributed by atoms with van der Waals surface area (Å²) >= 11 is 11.1. The Morgan fingerprint density at radius 1 is 0.306 bits per heavy atom. The van der Waals surface area contributed by atoms with Crippen molar-refractivity contribution in [2.45, 2.75) is 245 Å². The molecule has 8 rings (SSSR count). The molecule has 2 aliphatic carbocycles. The van der Waals surface area contributed by atoms with Crippen molar-refractivity contribution in [1.82, 2.24) is 21.3 Å². The molecular formula is C54H106N16O26S2. The number of nitrogens with two attached hydrogens (primary N) is 12. The fraction of sp³-hybridized carbons (Fsp3) is 0.963. The molecule has 40 N–H and O–H groups in total. The summed E-state index contributed by atoms with van der Waals surface area (Å²) < 4.78 is 84.2. The second-order valence-electron chi connectivity index (χ2n) is 25.6. The van der Waals surface area contributed by atoms with Crippen molar-refractivity contribution < 1.29 is 128 Å². The lowest BCUT2D eigenvalue weighted by atomic mass is 9.84. The van der Waals surface area contributed by atoms with Crippen molar-refractivity contribution in [3.05, 3.63) is 0 Å². The molecule has 2 saturated carbocycles. The van der Waals surface area contributed by atoms with Gasteiger partial charge in [0.05, 0.1) is 62.8 Å². The van der Waals surface area contributed by atoms with E-state index in [-0.39, 0.29) is 102 Å². The minimum Gasteiger partial charge on any atom is -0.389 e. The van der Waals surface area contributed by atoms with Gasteiger partial charge in [0.25, 0.3) is 0 Å². The maximum atomic E-state index is 11.9. The molecule has 570 valence electrons. The number of rotatable bonds is 29. The average Bonchev–Trinajstić information content (AvgIpc) is 0.985. The van der Waals surface area contributed by atoms with Crippen LogP contribution in [-0.4, -0.2) is 383 Å². The highest BCUT2D eigenvalue weighted by Crippen LogP contribution is 2.37. The second kappa shape index (κ2) is 37.2. The number of aliphatic hydroxyl groups excluding tert-OH is 12. The Morgan fingerprint density at radius 3 is 0.857 bits per heavy atom. The maximum Gasteiger partial charge on any atom is 0.187 e. The Bertz CT molecular complexity index is 2280. The molecule has 21 unspecified atom stereocenters. The van der Waals surface area contributed by atoms with Gasteiger partial charge in [0, 0.05) is 76.5 Å². The van der Waals surface area contributed by atoms with E-state index in [1.165, 1.54) is 0 Å². The molecule has 0 spiro atoms. The van der Waals surface area contributed by atoms with Crippen molar-refractivity contribution in [3.63, 3.8) is 0 Å². The number of aliphatic hydroxyl groups is 12. The van der Waals surface area contributed by atoms with Crippen LogP contribution < -0.4 is 90.1 Å². The number of nitrogens with one attached hydrogen (secondary N) is 4. The molecule has 44 heteroatoms. The lowest BCUT2D eigenvalue weighted by Gasteiger charge is -2.47. The molecule has 0 aromatic heterocycles. The molecule has 0 aromatic carbocycles. The van der Waals surface area contributed by atoms with E-state index in [4.69, 9.17) is 160 Å². The minimum atomic E-state index is -1.69. The van der Waals surface area contributed by atoms with Crippen LogP contribution in [0.15, 0.2) is 0 Å². The van der Waals surface area contributed by atoms with Crippen LogP contribution in [0.3, 0.4) is 0 Å². The predicted octanol–water partition coefficient (Wildman–Crippen LogP) is -17.8. The second-order valence-corrected chi connectivity index (χ2v) is 26.4. The van der Waals surface area contributed by atoms with Crippen LogP contribution in [0, 0.1) is 0 Å². The summed E-state index contributed by atoms with van der Waals surface area (Å²) in [5.41, 5.74) is 73.6. The molecule has 0 radical (unpaired) electrons. The molecule has 0 aromatic rings. The van der Waals surface area contributed by atoms with Gasteiger partial charge in [-0.25, -0.2) is 0 Å². The van der Waals surface area contributed by atoms with E-state index in [2.05, 4.69) is 21.3 Å². The minimum absolute atomic E-state index is 0.0251. The molecule has 6 saturated heterocycles. The standard InChI is InChI=1S/C54H106N16O26S2/c55-9-19-31(73)35(77)25(63)47(85-19)91-41-17(61)7-15(59)29(71)45(41)95-51-39(81)43(93-49-27(65)37(79)33(75)21(11-57)87-49)23(89-51)13-69-53(97)67-1-3-83-5-6-84-4-2-68-54(98)70-14-24-44(94-50-28(66)38(80)34(76)22(12-58)88-50)40(82)52(90-24)96-46-30(72)16(60)8-18(62)42(46)92-48-26(64)36(78)32(74)20(10-56)86-48/h15-52,71-82H,1-14,55-66H2,(H2,67,69,97)(H2,68,70,98)/t15-,16-,17?,18?,19?,20?,21-,22+,23-,24-,25?,26?,27?,28?,29+,30?,31?,32?,33?,34?,35-,36-,37?,38?,39?,40+,41?,42?,43?,44?,45?,46-,47+,48+,49+,50-,51+,52+/m1/s1. The average molecular weight is 1460 g/mol. The van der Waals surface area contributed by atoms with E-state index in [1.807, 2.05) is 0 Å². The molecule has 6 aliphatic heterocycles. The van der Waals surface area contributed by atoms with Crippen molar-refractivity contribution in [2.75, 3.05) is 78.8 Å². The van der Waals surface area contributed by atoms with Crippen LogP contribution in [0.1, 0.15) is 12.8 Å². The molecule has 0 amide bonds. The Kier molecular flexibility index (Phi) is 31.0. The largest absolute Gasteiger partial charge is 0.389 e. The highest BCUT2D eigenvalue weighted by molar-refractivity contribution is 7.80. The van der Waals surface area contributed by atoms with Crippen LogP contribution in [0.4, 0.5) is 0 Å². The van der Waals surface area contributed by atoms with Gasteiger partial charge < -0.3 is 218 Å². The van der Waals surface area contributed by atoms with Gasteiger partial charge in [-0.3, -0.25) is 0 Å². The number of thiocarbonyl (C=S) groups is 2. The lowest BCUT2D eigenvalue weighted by molar-refractivity contribution is -0.306. The molecule has 98 heavy (non-hydrogen) atoms. The van der Waals surface area contributed by atoms with Crippen LogP contribution in [-0.2, 0) is 66.3 Å². The molecule has 6 heterocycles. The van der Waals surface area contributed by atoms with E-state index in [9.17, 15) is 61.3 Å². The van der Waals surface area contributed by atoms with Gasteiger partial charge in [0.15, 0.2) is 48.0 Å². The van der Waals surface area contributed by atoms with Crippen LogP contribution in [0.2, 0.25) is 0 Å². The summed E-state index contributed by atoms with van der Waals surface area (Å²) in [6.07, 6.45) is -41.9. The Labute approximate surface area is 574 Å². The molecule has 0 bridgehead atoms. The smallest absolute Gasteiger partial charge is 0.187 e. The molecular weight excluding hydrogens is 1350 g/mol. The van der Waals surface area contributed by atoms with Gasteiger partial charge in [0.1, 0.15) is 134 Å². The van der Waals surface area contributed by atoms with Crippen molar-refractivity contribution in [2.24, 2.45) is 68.8 Å². The van der Waals surface area contributed by atoms with Gasteiger partial charge in [-0.2, -0.15) is 0 Å². The summed E-state index contributed by atoms with van der Waals surface area (Å²) in [5.74, 6) is 0. The first kappa shape index (κ1) is 81.5. The summed E-state index contributed by atoms with van der Waals surface area (Å²) in [6.45, 7) is -0.173. The lowest BCUT2D eigenvalue weighted by Crippen LogP contribution is -2.68. The number of ether oxygens (including phenoxy) is 14. The predicted molar refractivity (Wildman–Crippen MR) is 341 cm³/mol. The fourth-order valence-electron chi connectivity index (χ4n) is 12.8. The quantitative estimate of drug-likeness (QED) is 0.0244. The third-order valence-electron chi connectivity index (χ3n) is 18.7. The van der Waals surface area contributed by atoms with E-state index in [0.717, 1.165) is 0 Å². The summed E-state index contributed by atoms with van der Waals surface area (Å²) in [4.78, 5) is 0. The van der Waals surface area contributed by atoms with Crippen molar-refractivity contribution in [3.8, 4) is 0 Å². The number of hydrogen-bond donors (Lipinski definition) is 28. The highest BCUT2D eigenvalue weighted by atomic mass is 32.1. The zero-order valence-electron chi connectivity index (χ0n) is 53.7. The monoisotopic (exact) mass is 1460 g/mol. The van der Waals surface area contributed by atoms with Gasteiger partial charge in [-0.15, -0.1) is 0 Å². The van der Waals surface area contributed by atoms with Gasteiger partial charge >= 0.3 is 0 Å². The third-order valence-corrected chi connectivity index (χ3v) is 19.3. The Hall–Kier alpha value is -2.14. The highest BCUT2D eigenvalue weighted by Gasteiger charge is 2.58. The van der Waals surface area contributed by atoms with Crippen LogP contribution in [0.25, 0.3) is 0 Å². The summed E-state index contributed by atoms with van der Waals surface area (Å²) in [5, 5.41) is 144. The van der Waals surface area contributed by atoms with Crippen molar-refractivity contribution in [1.29, 1.82) is 0 Å². The van der Waals surface area contributed by atoms with E-state index < -0.39 is 233 Å². The Balaban J connectivity index is 0.793. The SMILES string of the molecule is NCC1O[C@@H](OC2C(N)C[C@@H](N)[C@H](O)C2O[C@@H]2O[C@H](CNC(=S)NCCOCCOCCNC(=S)NC[C@H]3O[C@@H](O[C@H]4C(O[C@@H]5OC(CN)C(O)[C@H](O)C5N)C(N)C[C@@H](N)C4O)[C@@H](O)C3O[C@H]3O[C@@H](CN)C(O)C(O)C3N)C(O[C@@H]3O[C@H](CN)C(O)C(O)C3N)C2O)C(N)[C@@H](O)C1O. The molecule has 42 nitrogen and oxygen atoms in total. The van der Waals surface area contributed by atoms with E-state index >= 15 is 0 Å². The molecule has 8 fully saturated rings. The van der Waals surface area contributed by atoms with E-state index in [0.29, 0.717) is 0 Å². The topological polar surface area (TPSA) is 732 Å². The third kappa shape index (κ3) is 19.3. The first-order valence-electron chi connectivity index (χ1n) is 32.6. The van der Waals surface area contributed by atoms with E-state index in [1.54, 1.807) is 0 Å². The van der Waals surface area contributed by atoms with Crippen LogP contribution in [0.5, 0.6) is 0 Å². The summed E-state index contributed by atoms with van der Waals surface area (Å²) in [7, 11) is 0. The van der Waals surface area contributed by atoms with Crippen LogP contribution >= 0.6 is 24.4 Å². The number of hydrogen-bond acceptors (Lipinski definition) is 40. The molecule has 38 atom stereocenters. The zero-order valence-corrected chi connectivity index (χ0v) is 55.3. The zero-order chi connectivity index (χ0) is 71.7. The maximum absolute atomic E-state index is 11.9.